The number of nitrogens with one attached hydrogen (secondary N) is 1. The molecular weight excluding hydrogens is 226 g/mol. The molecule has 0 spiro atoms. The SMILES string of the molecule is CCCC(=O)O[C@@H]1CCC(=O)NC1.CCS. The molecule has 1 aliphatic rings. The highest BCUT2D eigenvalue weighted by atomic mass is 32.1. The molecule has 1 rings (SSSR count). The molecule has 16 heavy (non-hydrogen) atoms. The van der Waals surface area contributed by atoms with E-state index in [2.05, 4.69) is 17.9 Å². The Hall–Kier alpha value is -0.710. The van der Waals surface area contributed by atoms with Gasteiger partial charge in [0.1, 0.15) is 6.10 Å². The summed E-state index contributed by atoms with van der Waals surface area (Å²) in [7, 11) is 0. The van der Waals surface area contributed by atoms with E-state index in [9.17, 15) is 9.59 Å². The van der Waals surface area contributed by atoms with Crippen LogP contribution in [0.25, 0.3) is 0 Å². The zero-order valence-electron chi connectivity index (χ0n) is 9.99. The van der Waals surface area contributed by atoms with Crippen molar-refractivity contribution in [1.82, 2.24) is 5.32 Å². The van der Waals surface area contributed by atoms with Gasteiger partial charge >= 0.3 is 5.97 Å². The molecule has 0 aromatic rings. The fraction of sp³-hybridized carbons (Fsp3) is 0.818. The minimum absolute atomic E-state index is 0.0443. The Labute approximate surface area is 103 Å². The lowest BCUT2D eigenvalue weighted by molar-refractivity contribution is -0.151. The average molecular weight is 247 g/mol. The fourth-order valence-electron chi connectivity index (χ4n) is 1.26. The summed E-state index contributed by atoms with van der Waals surface area (Å²) in [5.41, 5.74) is 0. The van der Waals surface area contributed by atoms with Crippen molar-refractivity contribution in [2.45, 2.75) is 45.6 Å². The van der Waals surface area contributed by atoms with Crippen molar-refractivity contribution in [2.75, 3.05) is 12.3 Å². The van der Waals surface area contributed by atoms with Gasteiger partial charge in [0.2, 0.25) is 5.91 Å². The molecule has 0 radical (unpaired) electrons. The molecule has 5 heteroatoms. The van der Waals surface area contributed by atoms with Crippen molar-refractivity contribution in [3.8, 4) is 0 Å². The molecule has 4 nitrogen and oxygen atoms in total. The molecule has 1 atom stereocenters. The van der Waals surface area contributed by atoms with E-state index in [-0.39, 0.29) is 18.0 Å². The lowest BCUT2D eigenvalue weighted by Gasteiger charge is -2.22. The van der Waals surface area contributed by atoms with Crippen molar-refractivity contribution >= 4 is 24.5 Å². The van der Waals surface area contributed by atoms with Gasteiger partial charge in [0.15, 0.2) is 0 Å². The Kier molecular flexibility index (Phi) is 9.09. The molecule has 1 heterocycles. The largest absolute Gasteiger partial charge is 0.460 e. The standard InChI is InChI=1S/C9H15NO3.C2H6S/c1-2-3-9(12)13-7-4-5-8(11)10-6-7;1-2-3/h7H,2-6H2,1H3,(H,10,11);3H,2H2,1H3/t7-;/m1./s1. The summed E-state index contributed by atoms with van der Waals surface area (Å²) in [6.07, 6.45) is 2.27. The van der Waals surface area contributed by atoms with E-state index >= 15 is 0 Å². The first kappa shape index (κ1) is 15.3. The lowest BCUT2D eigenvalue weighted by Crippen LogP contribution is -2.40. The maximum atomic E-state index is 11.1. The van der Waals surface area contributed by atoms with Crippen molar-refractivity contribution in [1.29, 1.82) is 0 Å². The first-order chi connectivity index (χ1) is 7.63. The van der Waals surface area contributed by atoms with Gasteiger partial charge in [0, 0.05) is 12.8 Å². The number of carbonyl (C=O) groups is 2. The van der Waals surface area contributed by atoms with Crippen molar-refractivity contribution in [2.24, 2.45) is 0 Å². The summed E-state index contributed by atoms with van der Waals surface area (Å²) in [6.45, 7) is 4.39. The maximum Gasteiger partial charge on any atom is 0.306 e. The normalized spacial score (nSPS) is 19.2. The molecule has 0 aliphatic carbocycles. The van der Waals surface area contributed by atoms with E-state index in [0.717, 1.165) is 12.2 Å². The minimum Gasteiger partial charge on any atom is -0.460 e. The first-order valence-electron chi connectivity index (χ1n) is 5.71. The number of ether oxygens (including phenoxy) is 1. The van der Waals surface area contributed by atoms with Crippen LogP contribution >= 0.6 is 12.6 Å². The molecule has 1 N–H and O–H groups in total. The second kappa shape index (κ2) is 9.51. The molecule has 0 aromatic heterocycles. The van der Waals surface area contributed by atoms with Gasteiger partial charge in [-0.05, 0) is 18.6 Å². The highest BCUT2D eigenvalue weighted by Gasteiger charge is 2.20. The summed E-state index contributed by atoms with van der Waals surface area (Å²) in [5, 5.41) is 2.66. The average Bonchev–Trinajstić information content (AvgIpc) is 2.23. The van der Waals surface area contributed by atoms with E-state index in [4.69, 9.17) is 4.74 Å². The van der Waals surface area contributed by atoms with Crippen molar-refractivity contribution in [3.63, 3.8) is 0 Å². The van der Waals surface area contributed by atoms with Crippen LogP contribution in [0.4, 0.5) is 0 Å². The summed E-state index contributed by atoms with van der Waals surface area (Å²) >= 11 is 3.79. The molecule has 1 fully saturated rings. The number of amides is 1. The van der Waals surface area contributed by atoms with E-state index in [0.29, 0.717) is 25.8 Å². The molecule has 0 aromatic carbocycles. The van der Waals surface area contributed by atoms with Gasteiger partial charge in [-0.15, -0.1) is 0 Å². The van der Waals surface area contributed by atoms with Crippen molar-refractivity contribution < 1.29 is 14.3 Å². The molecule has 1 amide bonds. The third kappa shape index (κ3) is 7.56. The van der Waals surface area contributed by atoms with E-state index in [1.165, 1.54) is 0 Å². The van der Waals surface area contributed by atoms with Crippen LogP contribution in [0, 0.1) is 0 Å². The Morgan fingerprint density at radius 3 is 2.62 bits per heavy atom. The van der Waals surface area contributed by atoms with Gasteiger partial charge in [-0.3, -0.25) is 9.59 Å². The number of carbonyl (C=O) groups excluding carboxylic acids is 2. The number of esters is 1. The van der Waals surface area contributed by atoms with Crippen molar-refractivity contribution in [3.05, 3.63) is 0 Å². The van der Waals surface area contributed by atoms with Crippen LogP contribution < -0.4 is 5.32 Å². The van der Waals surface area contributed by atoms with E-state index < -0.39 is 0 Å². The topological polar surface area (TPSA) is 55.4 Å². The molecule has 0 bridgehead atoms. The number of thiol groups is 1. The van der Waals surface area contributed by atoms with Gasteiger partial charge in [0.25, 0.3) is 0 Å². The van der Waals surface area contributed by atoms with E-state index in [1.807, 2.05) is 13.8 Å². The number of hydrogen-bond acceptors (Lipinski definition) is 4. The molecule has 1 aliphatic heterocycles. The Balaban J connectivity index is 0.000000673. The summed E-state index contributed by atoms with van der Waals surface area (Å²) < 4.78 is 5.13. The molecule has 0 unspecified atom stereocenters. The fourth-order valence-corrected chi connectivity index (χ4v) is 1.26. The molecule has 0 saturated carbocycles. The molecule has 94 valence electrons. The third-order valence-electron chi connectivity index (χ3n) is 1.97. The summed E-state index contributed by atoms with van der Waals surface area (Å²) in [5.74, 6) is 0.825. The van der Waals surface area contributed by atoms with Gasteiger partial charge in [-0.2, -0.15) is 12.6 Å². The number of rotatable bonds is 3. The smallest absolute Gasteiger partial charge is 0.306 e. The predicted octanol–water partition coefficient (Wildman–Crippen LogP) is 1.54. The second-order valence-corrected chi connectivity index (χ2v) is 4.15. The van der Waals surface area contributed by atoms with Crippen LogP contribution in [0.2, 0.25) is 0 Å². The highest BCUT2D eigenvalue weighted by Crippen LogP contribution is 2.08. The monoisotopic (exact) mass is 247 g/mol. The minimum atomic E-state index is -0.163. The molecule has 1 saturated heterocycles. The van der Waals surface area contributed by atoms with Gasteiger partial charge in [-0.25, -0.2) is 0 Å². The maximum absolute atomic E-state index is 11.1. The Bertz CT molecular complexity index is 211. The second-order valence-electron chi connectivity index (χ2n) is 3.52. The number of hydrogen-bond donors (Lipinski definition) is 2. The van der Waals surface area contributed by atoms with Crippen LogP contribution in [0.3, 0.4) is 0 Å². The Morgan fingerprint density at radius 1 is 1.56 bits per heavy atom. The zero-order chi connectivity index (χ0) is 12.4. The van der Waals surface area contributed by atoms with Crippen LogP contribution in [-0.4, -0.2) is 30.3 Å². The Morgan fingerprint density at radius 2 is 2.19 bits per heavy atom. The van der Waals surface area contributed by atoms with Gasteiger partial charge < -0.3 is 10.1 Å². The zero-order valence-corrected chi connectivity index (χ0v) is 10.9. The van der Waals surface area contributed by atoms with Gasteiger partial charge in [0.05, 0.1) is 6.54 Å². The number of piperidine rings is 1. The highest BCUT2D eigenvalue weighted by molar-refractivity contribution is 7.80. The van der Waals surface area contributed by atoms with Crippen LogP contribution in [0.5, 0.6) is 0 Å². The van der Waals surface area contributed by atoms with E-state index in [1.54, 1.807) is 0 Å². The molecular formula is C11H21NO3S. The third-order valence-corrected chi connectivity index (χ3v) is 1.97. The quantitative estimate of drug-likeness (QED) is 0.587. The van der Waals surface area contributed by atoms with Crippen LogP contribution in [0.15, 0.2) is 0 Å². The predicted molar refractivity (Wildman–Crippen MR) is 66.6 cm³/mol. The summed E-state index contributed by atoms with van der Waals surface area (Å²) in [4.78, 5) is 21.8. The van der Waals surface area contributed by atoms with Gasteiger partial charge in [-0.1, -0.05) is 13.8 Å². The van der Waals surface area contributed by atoms with Crippen LogP contribution in [0.1, 0.15) is 39.5 Å². The van der Waals surface area contributed by atoms with Crippen LogP contribution in [-0.2, 0) is 14.3 Å². The summed E-state index contributed by atoms with van der Waals surface area (Å²) in [6, 6.07) is 0. The first-order valence-corrected chi connectivity index (χ1v) is 6.34. The lowest BCUT2D eigenvalue weighted by atomic mass is 10.1.